The molecule has 0 radical (unpaired) electrons. The van der Waals surface area contributed by atoms with E-state index in [0.29, 0.717) is 6.04 Å². The third-order valence-corrected chi connectivity index (χ3v) is 5.31. The molecule has 2 atom stereocenters. The summed E-state index contributed by atoms with van der Waals surface area (Å²) in [5.74, 6) is 1.66. The third kappa shape index (κ3) is 6.27. The number of methoxy groups -OCH3 is 1. The maximum atomic E-state index is 6.18. The zero-order valence-electron chi connectivity index (χ0n) is 16.8. The summed E-state index contributed by atoms with van der Waals surface area (Å²) < 4.78 is 11.3. The lowest BCUT2D eigenvalue weighted by Crippen LogP contribution is -2.50. The highest BCUT2D eigenvalue weighted by molar-refractivity contribution is 14.0. The first-order chi connectivity index (χ1) is 13.1. The van der Waals surface area contributed by atoms with Crippen molar-refractivity contribution in [2.75, 3.05) is 65.4 Å². The van der Waals surface area contributed by atoms with Gasteiger partial charge in [-0.15, -0.1) is 24.0 Å². The molecule has 0 aliphatic carbocycles. The van der Waals surface area contributed by atoms with Crippen molar-refractivity contribution in [1.29, 1.82) is 0 Å². The molecule has 0 bridgehead atoms. The lowest BCUT2D eigenvalue weighted by atomic mass is 10.2. The lowest BCUT2D eigenvalue weighted by Gasteiger charge is -2.30. The fraction of sp³-hybridized carbons (Fsp3) is 0.632. The van der Waals surface area contributed by atoms with Crippen molar-refractivity contribution in [1.82, 2.24) is 15.5 Å². The van der Waals surface area contributed by atoms with Crippen LogP contribution in [0.2, 0.25) is 5.02 Å². The van der Waals surface area contributed by atoms with Crippen LogP contribution in [0.1, 0.15) is 6.42 Å². The van der Waals surface area contributed by atoms with E-state index in [-0.39, 0.29) is 30.1 Å². The molecule has 7 nitrogen and oxygen atoms in total. The SMILES string of the molecule is CN=C(NCC1CN(C)CCO1)NC1CCN(c2cc(Cl)ccc2OC)C1.I. The molecule has 2 fully saturated rings. The molecule has 2 N–H and O–H groups in total. The summed E-state index contributed by atoms with van der Waals surface area (Å²) in [7, 11) is 5.62. The van der Waals surface area contributed by atoms with E-state index in [0.717, 1.165) is 68.2 Å². The van der Waals surface area contributed by atoms with Crippen molar-refractivity contribution in [3.8, 4) is 5.75 Å². The molecule has 2 saturated heterocycles. The number of hydrogen-bond donors (Lipinski definition) is 2. The highest BCUT2D eigenvalue weighted by Gasteiger charge is 2.26. The van der Waals surface area contributed by atoms with Gasteiger partial charge in [-0.2, -0.15) is 0 Å². The van der Waals surface area contributed by atoms with Crippen LogP contribution in [0.5, 0.6) is 5.75 Å². The van der Waals surface area contributed by atoms with Crippen LogP contribution in [0.3, 0.4) is 0 Å². The van der Waals surface area contributed by atoms with Crippen LogP contribution in [0.25, 0.3) is 0 Å². The lowest BCUT2D eigenvalue weighted by molar-refractivity contribution is -0.0161. The summed E-state index contributed by atoms with van der Waals surface area (Å²) in [6.07, 6.45) is 1.22. The number of nitrogens with zero attached hydrogens (tertiary/aromatic N) is 3. The topological polar surface area (TPSA) is 61.4 Å². The Labute approximate surface area is 189 Å². The van der Waals surface area contributed by atoms with Gasteiger partial charge in [0.25, 0.3) is 0 Å². The number of rotatable bonds is 5. The molecule has 28 heavy (non-hydrogen) atoms. The Morgan fingerprint density at radius 2 is 2.18 bits per heavy atom. The van der Waals surface area contributed by atoms with Crippen LogP contribution < -0.4 is 20.3 Å². The van der Waals surface area contributed by atoms with Gasteiger partial charge in [-0.05, 0) is 31.7 Å². The van der Waals surface area contributed by atoms with E-state index in [2.05, 4.69) is 32.5 Å². The highest BCUT2D eigenvalue weighted by atomic mass is 127. The second-order valence-electron chi connectivity index (χ2n) is 7.10. The second kappa shape index (κ2) is 11.3. The van der Waals surface area contributed by atoms with Gasteiger partial charge < -0.3 is 29.9 Å². The smallest absolute Gasteiger partial charge is 0.191 e. The fourth-order valence-corrected chi connectivity index (χ4v) is 3.76. The largest absolute Gasteiger partial charge is 0.495 e. The zero-order valence-corrected chi connectivity index (χ0v) is 19.9. The summed E-state index contributed by atoms with van der Waals surface area (Å²) in [5.41, 5.74) is 1.04. The molecule has 0 amide bonds. The number of likely N-dealkylation sites (N-methyl/N-ethyl adjacent to an activating group) is 1. The molecule has 2 heterocycles. The number of ether oxygens (including phenoxy) is 2. The molecule has 1 aromatic carbocycles. The van der Waals surface area contributed by atoms with Crippen LogP contribution in [-0.2, 0) is 4.74 Å². The molecule has 0 aromatic heterocycles. The fourth-order valence-electron chi connectivity index (χ4n) is 3.60. The van der Waals surface area contributed by atoms with Gasteiger partial charge in [-0.3, -0.25) is 4.99 Å². The maximum Gasteiger partial charge on any atom is 0.191 e. The first-order valence-electron chi connectivity index (χ1n) is 9.45. The minimum atomic E-state index is 0. The molecule has 3 rings (SSSR count). The maximum absolute atomic E-state index is 6.18. The second-order valence-corrected chi connectivity index (χ2v) is 7.54. The predicted octanol–water partition coefficient (Wildman–Crippen LogP) is 2.04. The number of halogens is 2. The molecule has 0 spiro atoms. The Morgan fingerprint density at radius 3 is 2.89 bits per heavy atom. The van der Waals surface area contributed by atoms with Crippen molar-refractivity contribution < 1.29 is 9.47 Å². The summed E-state index contributed by atoms with van der Waals surface area (Å²) >= 11 is 6.18. The van der Waals surface area contributed by atoms with Crippen LogP contribution in [0.4, 0.5) is 5.69 Å². The number of anilines is 1. The number of aliphatic imine (C=N–C) groups is 1. The van der Waals surface area contributed by atoms with E-state index in [4.69, 9.17) is 21.1 Å². The quantitative estimate of drug-likeness (QED) is 0.350. The van der Waals surface area contributed by atoms with E-state index in [9.17, 15) is 0 Å². The number of benzene rings is 1. The van der Waals surface area contributed by atoms with Gasteiger partial charge in [0.1, 0.15) is 5.75 Å². The van der Waals surface area contributed by atoms with Crippen LogP contribution in [0.15, 0.2) is 23.2 Å². The summed E-state index contributed by atoms with van der Waals surface area (Å²) in [6.45, 7) is 5.29. The Morgan fingerprint density at radius 1 is 1.36 bits per heavy atom. The molecular formula is C19H31ClIN5O2. The summed E-state index contributed by atoms with van der Waals surface area (Å²) in [4.78, 5) is 8.95. The Kier molecular flexibility index (Phi) is 9.39. The van der Waals surface area contributed by atoms with Gasteiger partial charge in [-0.25, -0.2) is 0 Å². The van der Waals surface area contributed by atoms with E-state index in [1.165, 1.54) is 0 Å². The van der Waals surface area contributed by atoms with E-state index in [1.54, 1.807) is 14.2 Å². The van der Waals surface area contributed by atoms with Crippen molar-refractivity contribution in [3.05, 3.63) is 23.2 Å². The van der Waals surface area contributed by atoms with Crippen LogP contribution in [0, 0.1) is 0 Å². The minimum Gasteiger partial charge on any atom is -0.495 e. The Bertz CT molecular complexity index is 663. The monoisotopic (exact) mass is 523 g/mol. The van der Waals surface area contributed by atoms with Crippen molar-refractivity contribution in [2.24, 2.45) is 4.99 Å². The summed E-state index contributed by atoms with van der Waals surface area (Å²) in [6, 6.07) is 6.05. The van der Waals surface area contributed by atoms with E-state index in [1.807, 2.05) is 18.2 Å². The molecule has 9 heteroatoms. The first-order valence-corrected chi connectivity index (χ1v) is 9.82. The van der Waals surface area contributed by atoms with Gasteiger partial charge in [0.15, 0.2) is 5.96 Å². The van der Waals surface area contributed by atoms with E-state index < -0.39 is 0 Å². The Balaban J connectivity index is 0.00000280. The standard InChI is InChI=1S/C19H30ClN5O2.HI/c1-21-19(22-11-16-13-24(2)8-9-27-16)23-15-6-7-25(12-15)17-10-14(20)4-5-18(17)26-3;/h4-5,10,15-16H,6-9,11-13H2,1-3H3,(H2,21,22,23);1H. The molecule has 2 aliphatic heterocycles. The summed E-state index contributed by atoms with van der Waals surface area (Å²) in [5, 5.41) is 7.64. The normalized spacial score (nSPS) is 23.3. The number of guanidine groups is 1. The van der Waals surface area contributed by atoms with Crippen LogP contribution in [-0.4, -0.2) is 83.5 Å². The van der Waals surface area contributed by atoms with Crippen LogP contribution >= 0.6 is 35.6 Å². The van der Waals surface area contributed by atoms with Crippen molar-refractivity contribution in [3.63, 3.8) is 0 Å². The molecule has 0 saturated carbocycles. The molecule has 158 valence electrons. The highest BCUT2D eigenvalue weighted by Crippen LogP contribution is 2.33. The number of hydrogen-bond acceptors (Lipinski definition) is 5. The molecule has 1 aromatic rings. The third-order valence-electron chi connectivity index (χ3n) is 5.07. The average molecular weight is 524 g/mol. The average Bonchev–Trinajstić information content (AvgIpc) is 3.13. The van der Waals surface area contributed by atoms with Gasteiger partial charge in [0, 0.05) is 50.8 Å². The number of morpholine rings is 1. The van der Waals surface area contributed by atoms with Gasteiger partial charge in [0.05, 0.1) is 25.5 Å². The predicted molar refractivity (Wildman–Crippen MR) is 126 cm³/mol. The van der Waals surface area contributed by atoms with E-state index >= 15 is 0 Å². The van der Waals surface area contributed by atoms with Crippen molar-refractivity contribution in [2.45, 2.75) is 18.6 Å². The van der Waals surface area contributed by atoms with Crippen molar-refractivity contribution >= 4 is 47.2 Å². The van der Waals surface area contributed by atoms with Gasteiger partial charge >= 0.3 is 0 Å². The molecule has 2 unspecified atom stereocenters. The Hall–Kier alpha value is -0.970. The molecule has 2 aliphatic rings. The first kappa shape index (κ1) is 23.3. The zero-order chi connectivity index (χ0) is 19.2. The van der Waals surface area contributed by atoms with Gasteiger partial charge in [-0.1, -0.05) is 11.6 Å². The van der Waals surface area contributed by atoms with Gasteiger partial charge in [0.2, 0.25) is 0 Å². The minimum absolute atomic E-state index is 0. The molecular weight excluding hydrogens is 493 g/mol. The number of nitrogens with one attached hydrogen (secondary N) is 2.